The minimum absolute atomic E-state index is 0.107. The number of ether oxygens (including phenoxy) is 1. The highest BCUT2D eigenvalue weighted by Gasteiger charge is 2.60. The van der Waals surface area contributed by atoms with E-state index in [1.807, 2.05) is 48.5 Å². The average molecular weight is 545 g/mol. The largest absolute Gasteiger partial charge is 0.489 e. The summed E-state index contributed by atoms with van der Waals surface area (Å²) >= 11 is 0. The van der Waals surface area contributed by atoms with E-state index in [2.05, 4.69) is 86.3 Å². The first-order valence-electron chi connectivity index (χ1n) is 14.2. The number of benzene rings is 4. The van der Waals surface area contributed by atoms with Crippen molar-refractivity contribution in [3.05, 3.63) is 156 Å². The third-order valence-corrected chi connectivity index (χ3v) is 8.39. The molecule has 0 aliphatic carbocycles. The van der Waals surface area contributed by atoms with E-state index >= 15 is 0 Å². The highest BCUT2D eigenvalue weighted by Crippen LogP contribution is 2.50. The van der Waals surface area contributed by atoms with Crippen LogP contribution >= 0.6 is 0 Å². The van der Waals surface area contributed by atoms with Gasteiger partial charge in [0.2, 0.25) is 0 Å². The Bertz CT molecular complexity index is 1360. The summed E-state index contributed by atoms with van der Waals surface area (Å²) in [6.07, 6.45) is -0.198. The Hall–Kier alpha value is -3.77. The molecule has 5 rings (SSSR count). The van der Waals surface area contributed by atoms with Crippen molar-refractivity contribution in [1.29, 1.82) is 0 Å². The molecule has 2 unspecified atom stereocenters. The summed E-state index contributed by atoms with van der Waals surface area (Å²) in [7, 11) is 1.03. The summed E-state index contributed by atoms with van der Waals surface area (Å²) in [5, 5.41) is 0. The van der Waals surface area contributed by atoms with Gasteiger partial charge in [0.1, 0.15) is 17.5 Å². The van der Waals surface area contributed by atoms with Gasteiger partial charge in [0.25, 0.3) is 0 Å². The van der Waals surface area contributed by atoms with Crippen LogP contribution in [0.3, 0.4) is 0 Å². The molecule has 0 amide bonds. The molecule has 0 bridgehead atoms. The lowest BCUT2D eigenvalue weighted by atomic mass is 9.66. The first-order valence-corrected chi connectivity index (χ1v) is 14.2. The molecule has 0 saturated carbocycles. The summed E-state index contributed by atoms with van der Waals surface area (Å²) in [5.74, 6) is 0.107. The van der Waals surface area contributed by atoms with Crippen LogP contribution in [-0.4, -0.2) is 32.2 Å². The van der Waals surface area contributed by atoms with Gasteiger partial charge in [0, 0.05) is 18.9 Å². The highest BCUT2D eigenvalue weighted by atomic mass is 16.7. The molecule has 5 heteroatoms. The number of allylic oxidation sites excluding steroid dienone is 1. The molecule has 1 heterocycles. The lowest BCUT2D eigenvalue weighted by molar-refractivity contribution is -0.116. The van der Waals surface area contributed by atoms with Crippen molar-refractivity contribution in [2.24, 2.45) is 0 Å². The second kappa shape index (κ2) is 12.4. The molecule has 1 aliphatic heterocycles. The summed E-state index contributed by atoms with van der Waals surface area (Å²) in [5.41, 5.74) is 3.24. The van der Waals surface area contributed by atoms with Crippen LogP contribution in [0.5, 0.6) is 0 Å². The molecule has 1 fully saturated rings. The maximum absolute atomic E-state index is 11.9. The maximum Gasteiger partial charge on any atom is 0.489 e. The van der Waals surface area contributed by atoms with Gasteiger partial charge in [0.05, 0.1) is 6.10 Å². The summed E-state index contributed by atoms with van der Waals surface area (Å²) in [6.45, 7) is 8.13. The van der Waals surface area contributed by atoms with E-state index in [4.69, 9.17) is 14.0 Å². The van der Waals surface area contributed by atoms with Crippen LogP contribution in [0.4, 0.5) is 0 Å². The second-order valence-electron chi connectivity index (χ2n) is 10.9. The molecule has 4 nitrogen and oxygen atoms in total. The van der Waals surface area contributed by atoms with Crippen molar-refractivity contribution in [1.82, 2.24) is 0 Å². The van der Waals surface area contributed by atoms with Crippen LogP contribution in [0.1, 0.15) is 48.9 Å². The van der Waals surface area contributed by atoms with Gasteiger partial charge < -0.3 is 18.8 Å². The number of methoxy groups -OCH3 is 1. The fraction of sp³-hybridized carbons (Fsp3) is 0.250. The van der Waals surface area contributed by atoms with Gasteiger partial charge in [-0.05, 0) is 48.0 Å². The zero-order valence-corrected chi connectivity index (χ0v) is 24.0. The summed E-state index contributed by atoms with van der Waals surface area (Å²) < 4.78 is 20.6. The molecule has 4 aromatic rings. The van der Waals surface area contributed by atoms with Crippen molar-refractivity contribution in [2.45, 2.75) is 49.9 Å². The Morgan fingerprint density at radius 1 is 0.707 bits per heavy atom. The minimum atomic E-state index is -1.01. The second-order valence-corrected chi connectivity index (χ2v) is 10.9. The first-order chi connectivity index (χ1) is 19.9. The lowest BCUT2D eigenvalue weighted by Gasteiger charge is -2.46. The lowest BCUT2D eigenvalue weighted by Crippen LogP contribution is -2.54. The fourth-order valence-corrected chi connectivity index (χ4v) is 6.12. The van der Waals surface area contributed by atoms with Crippen LogP contribution in [-0.2, 0) is 29.9 Å². The quantitative estimate of drug-likeness (QED) is 0.186. The van der Waals surface area contributed by atoms with E-state index < -0.39 is 30.3 Å². The topological polar surface area (TPSA) is 44.8 Å². The fourth-order valence-electron chi connectivity index (χ4n) is 6.12. The van der Waals surface area contributed by atoms with Crippen molar-refractivity contribution in [2.75, 3.05) is 7.11 Å². The molecule has 0 radical (unpaired) electrons. The maximum atomic E-state index is 11.9. The predicted molar refractivity (Wildman–Crippen MR) is 165 cm³/mol. The number of hydrogen-bond acceptors (Lipinski definition) is 4. The zero-order valence-electron chi connectivity index (χ0n) is 24.0. The molecule has 41 heavy (non-hydrogen) atoms. The molecule has 0 spiro atoms. The normalized spacial score (nSPS) is 17.4. The Balaban J connectivity index is 1.74. The first kappa shape index (κ1) is 28.8. The molecule has 208 valence electrons. The predicted octanol–water partition coefficient (Wildman–Crippen LogP) is 7.32. The number of rotatable bonds is 11. The number of hydrogen-bond donors (Lipinski definition) is 0. The zero-order chi connectivity index (χ0) is 28.9. The van der Waals surface area contributed by atoms with Crippen molar-refractivity contribution in [3.8, 4) is 0 Å². The van der Waals surface area contributed by atoms with Crippen LogP contribution in [0.25, 0.3) is 0 Å². The van der Waals surface area contributed by atoms with Gasteiger partial charge in [-0.1, -0.05) is 121 Å². The molecule has 1 aliphatic rings. The van der Waals surface area contributed by atoms with E-state index in [0.29, 0.717) is 12.8 Å². The third-order valence-electron chi connectivity index (χ3n) is 8.39. The molecule has 4 aromatic carbocycles. The van der Waals surface area contributed by atoms with Gasteiger partial charge in [0.15, 0.2) is 0 Å². The van der Waals surface area contributed by atoms with Crippen LogP contribution in [0.15, 0.2) is 133 Å². The van der Waals surface area contributed by atoms with Crippen molar-refractivity contribution in [3.63, 3.8) is 0 Å². The van der Waals surface area contributed by atoms with E-state index in [1.54, 1.807) is 14.0 Å². The number of carbonyl (C=O) groups is 1. The minimum Gasteiger partial charge on any atom is -0.401 e. The highest BCUT2D eigenvalue weighted by molar-refractivity contribution is 6.54. The van der Waals surface area contributed by atoms with Crippen molar-refractivity contribution < 1.29 is 18.8 Å². The van der Waals surface area contributed by atoms with E-state index in [0.717, 1.165) is 27.7 Å². The van der Waals surface area contributed by atoms with Gasteiger partial charge in [-0.25, -0.2) is 0 Å². The van der Waals surface area contributed by atoms with Gasteiger partial charge >= 0.3 is 7.12 Å². The van der Waals surface area contributed by atoms with Crippen molar-refractivity contribution >= 4 is 12.9 Å². The smallest absolute Gasteiger partial charge is 0.401 e. The van der Waals surface area contributed by atoms with E-state index in [9.17, 15) is 4.79 Å². The van der Waals surface area contributed by atoms with Crippen LogP contribution < -0.4 is 0 Å². The summed E-state index contributed by atoms with van der Waals surface area (Å²) in [6, 6.07) is 41.3. The van der Waals surface area contributed by atoms with Gasteiger partial charge in [-0.15, -0.1) is 6.58 Å². The van der Waals surface area contributed by atoms with Crippen LogP contribution in [0.2, 0.25) is 0 Å². The Kier molecular flexibility index (Phi) is 8.69. The SMILES string of the molecule is C=C(CCC(C)=O)B1OC(C(C)(c2ccccc2)c2ccccc2)C(C(OC)(c2ccccc2)c2ccccc2)O1. The standard InChI is InChI=1S/C36H37BO4/c1-27(25-26-28(2)38)37-40-33(35(3,29-17-9-5-10-18-29)30-19-11-6-12-20-30)34(41-37)36(39-4,31-21-13-7-14-22-31)32-23-15-8-16-24-32/h5-24,33-34H,1,25-26H2,2-4H3. The van der Waals surface area contributed by atoms with Crippen LogP contribution in [0, 0.1) is 0 Å². The Morgan fingerprint density at radius 3 is 1.49 bits per heavy atom. The molecule has 2 atom stereocenters. The number of Topliss-reactive ketones (excluding diaryl/α,β-unsaturated/α-hetero) is 1. The number of ketones is 1. The molecular formula is C36H37BO4. The Labute approximate surface area is 244 Å². The Morgan fingerprint density at radius 2 is 1.10 bits per heavy atom. The molecular weight excluding hydrogens is 507 g/mol. The monoisotopic (exact) mass is 544 g/mol. The summed E-state index contributed by atoms with van der Waals surface area (Å²) in [4.78, 5) is 11.9. The molecule has 1 saturated heterocycles. The molecule has 0 aromatic heterocycles. The average Bonchev–Trinajstić information content (AvgIpc) is 3.48. The van der Waals surface area contributed by atoms with E-state index in [1.165, 1.54) is 0 Å². The third kappa shape index (κ3) is 5.45. The molecule has 0 N–H and O–H groups in total. The number of carbonyl (C=O) groups excluding carboxylic acids is 1. The van der Waals surface area contributed by atoms with E-state index in [-0.39, 0.29) is 5.78 Å². The van der Waals surface area contributed by atoms with Gasteiger partial charge in [-0.2, -0.15) is 0 Å². The van der Waals surface area contributed by atoms with Gasteiger partial charge in [-0.3, -0.25) is 0 Å².